The molecule has 2 rings (SSSR count). The number of anilines is 1. The smallest absolute Gasteiger partial charge is 0.282 e. The molecule has 1 N–H and O–H groups in total. The molecular weight excluding hydrogens is 293 g/mol. The van der Waals surface area contributed by atoms with Crippen LogP contribution in [0.2, 0.25) is 0 Å². The number of halogens is 1. The van der Waals surface area contributed by atoms with Crippen molar-refractivity contribution in [2.45, 2.75) is 35.8 Å². The summed E-state index contributed by atoms with van der Waals surface area (Å²) in [5.41, 5.74) is -0.239. The van der Waals surface area contributed by atoms with E-state index < -0.39 is 30.4 Å². The lowest BCUT2D eigenvalue weighted by Gasteiger charge is -2.14. The van der Waals surface area contributed by atoms with Crippen LogP contribution in [0.5, 0.6) is 0 Å². The van der Waals surface area contributed by atoms with Gasteiger partial charge in [0, 0.05) is 0 Å². The second-order valence-electron chi connectivity index (χ2n) is 4.49. The van der Waals surface area contributed by atoms with Crippen molar-refractivity contribution in [3.8, 4) is 0 Å². The zero-order valence-electron chi connectivity index (χ0n) is 10.0. The molecule has 0 aliphatic heterocycles. The molecule has 1 saturated carbocycles. The quantitative estimate of drug-likeness (QED) is 0.863. The van der Waals surface area contributed by atoms with Crippen LogP contribution in [0.25, 0.3) is 0 Å². The van der Waals surface area contributed by atoms with E-state index in [0.29, 0.717) is 12.8 Å². The molecule has 1 fully saturated rings. The highest BCUT2D eigenvalue weighted by Gasteiger charge is 2.30. The summed E-state index contributed by atoms with van der Waals surface area (Å²) in [5.74, 6) is 0. The molecule has 1 aliphatic carbocycles. The molecule has 1 aliphatic rings. The van der Waals surface area contributed by atoms with Crippen LogP contribution in [0.4, 0.5) is 9.57 Å². The minimum Gasteiger partial charge on any atom is -0.282 e. The fourth-order valence-corrected chi connectivity index (χ4v) is 4.49. The van der Waals surface area contributed by atoms with Crippen LogP contribution in [-0.2, 0) is 20.2 Å². The van der Waals surface area contributed by atoms with E-state index in [-0.39, 0.29) is 5.69 Å². The Morgan fingerprint density at radius 3 is 2.21 bits per heavy atom. The fraction of sp³-hybridized carbons (Fsp3) is 0.455. The second-order valence-corrected chi connectivity index (χ2v) is 7.76. The summed E-state index contributed by atoms with van der Waals surface area (Å²) in [7, 11) is -8.63. The van der Waals surface area contributed by atoms with Gasteiger partial charge in [0.1, 0.15) is 4.90 Å². The Bertz CT molecular complexity index is 664. The first-order valence-electron chi connectivity index (χ1n) is 5.86. The van der Waals surface area contributed by atoms with E-state index in [1.54, 1.807) is 0 Å². The maximum Gasteiger partial charge on any atom is 0.334 e. The van der Waals surface area contributed by atoms with Crippen LogP contribution in [0.1, 0.15) is 25.7 Å². The SMILES string of the molecule is O=S(=O)(F)c1ccccc1NS(=O)(=O)C1CCCC1. The van der Waals surface area contributed by atoms with Crippen molar-refractivity contribution >= 4 is 25.9 Å². The highest BCUT2D eigenvalue weighted by Crippen LogP contribution is 2.29. The van der Waals surface area contributed by atoms with Crippen LogP contribution >= 0.6 is 0 Å². The predicted molar refractivity (Wildman–Crippen MR) is 69.5 cm³/mol. The Labute approximate surface area is 112 Å². The van der Waals surface area contributed by atoms with Gasteiger partial charge in [-0.3, -0.25) is 4.72 Å². The normalized spacial score (nSPS) is 17.5. The molecule has 0 atom stereocenters. The summed E-state index contributed by atoms with van der Waals surface area (Å²) in [4.78, 5) is -0.656. The van der Waals surface area contributed by atoms with Gasteiger partial charge in [0.25, 0.3) is 0 Å². The molecule has 19 heavy (non-hydrogen) atoms. The molecule has 0 amide bonds. The maximum atomic E-state index is 13.1. The van der Waals surface area contributed by atoms with E-state index in [1.165, 1.54) is 18.2 Å². The zero-order valence-corrected chi connectivity index (χ0v) is 11.7. The molecule has 0 unspecified atom stereocenters. The van der Waals surface area contributed by atoms with Crippen LogP contribution in [0.15, 0.2) is 29.2 Å². The number of hydrogen-bond donors (Lipinski definition) is 1. The van der Waals surface area contributed by atoms with E-state index in [4.69, 9.17) is 0 Å². The number of nitrogens with one attached hydrogen (secondary N) is 1. The van der Waals surface area contributed by atoms with Crippen molar-refractivity contribution in [3.05, 3.63) is 24.3 Å². The number of hydrogen-bond acceptors (Lipinski definition) is 4. The molecule has 106 valence electrons. The number of para-hydroxylation sites is 1. The third kappa shape index (κ3) is 3.24. The summed E-state index contributed by atoms with van der Waals surface area (Å²) >= 11 is 0. The van der Waals surface area contributed by atoms with Gasteiger partial charge in [-0.1, -0.05) is 25.0 Å². The van der Waals surface area contributed by atoms with E-state index in [0.717, 1.165) is 18.9 Å². The lowest BCUT2D eigenvalue weighted by molar-refractivity contribution is 0.552. The molecule has 1 aromatic carbocycles. The van der Waals surface area contributed by atoms with Crippen LogP contribution in [0.3, 0.4) is 0 Å². The number of rotatable bonds is 4. The van der Waals surface area contributed by atoms with Gasteiger partial charge < -0.3 is 0 Å². The van der Waals surface area contributed by atoms with Crippen molar-refractivity contribution in [3.63, 3.8) is 0 Å². The minimum absolute atomic E-state index is 0.239. The van der Waals surface area contributed by atoms with Gasteiger partial charge in [-0.15, -0.1) is 3.89 Å². The third-order valence-electron chi connectivity index (χ3n) is 3.14. The Kier molecular flexibility index (Phi) is 3.82. The summed E-state index contributed by atoms with van der Waals surface area (Å²) in [5, 5.41) is -0.539. The van der Waals surface area contributed by atoms with Crippen LogP contribution < -0.4 is 4.72 Å². The zero-order chi connectivity index (χ0) is 14.1. The van der Waals surface area contributed by atoms with Crippen LogP contribution in [-0.4, -0.2) is 22.1 Å². The maximum absolute atomic E-state index is 13.1. The topological polar surface area (TPSA) is 80.3 Å². The highest BCUT2D eigenvalue weighted by molar-refractivity contribution is 7.93. The van der Waals surface area contributed by atoms with Gasteiger partial charge in [-0.05, 0) is 25.0 Å². The van der Waals surface area contributed by atoms with Crippen molar-refractivity contribution in [2.24, 2.45) is 0 Å². The lowest BCUT2D eigenvalue weighted by Crippen LogP contribution is -2.25. The van der Waals surface area contributed by atoms with Gasteiger partial charge >= 0.3 is 10.2 Å². The number of sulfonamides is 1. The van der Waals surface area contributed by atoms with Gasteiger partial charge in [-0.25, -0.2) is 8.42 Å². The summed E-state index contributed by atoms with van der Waals surface area (Å²) in [6.07, 6.45) is 2.74. The molecule has 1 aromatic rings. The molecule has 0 heterocycles. The van der Waals surface area contributed by atoms with Crippen molar-refractivity contribution in [2.75, 3.05) is 4.72 Å². The van der Waals surface area contributed by atoms with E-state index in [9.17, 15) is 20.7 Å². The first kappa shape index (κ1) is 14.3. The lowest BCUT2D eigenvalue weighted by atomic mass is 10.3. The highest BCUT2D eigenvalue weighted by atomic mass is 32.3. The molecule has 0 radical (unpaired) electrons. The third-order valence-corrected chi connectivity index (χ3v) is 5.88. The molecule has 0 bridgehead atoms. The van der Waals surface area contributed by atoms with Crippen molar-refractivity contribution in [1.82, 2.24) is 0 Å². The summed E-state index contributed by atoms with van der Waals surface area (Å²) < 4.78 is 61.3. The predicted octanol–water partition coefficient (Wildman–Crippen LogP) is 2.03. The van der Waals surface area contributed by atoms with Gasteiger partial charge in [0.2, 0.25) is 10.0 Å². The van der Waals surface area contributed by atoms with Gasteiger partial charge in [0.15, 0.2) is 0 Å². The molecular formula is C11H14FNO4S2. The minimum atomic E-state index is -4.96. The monoisotopic (exact) mass is 307 g/mol. The van der Waals surface area contributed by atoms with Crippen LogP contribution in [0, 0.1) is 0 Å². The average Bonchev–Trinajstić information content (AvgIpc) is 2.81. The molecule has 5 nitrogen and oxygen atoms in total. The largest absolute Gasteiger partial charge is 0.334 e. The molecule has 0 saturated heterocycles. The molecule has 0 aromatic heterocycles. The Morgan fingerprint density at radius 1 is 1.05 bits per heavy atom. The van der Waals surface area contributed by atoms with E-state index in [1.807, 2.05) is 0 Å². The van der Waals surface area contributed by atoms with Crippen molar-refractivity contribution < 1.29 is 20.7 Å². The first-order chi connectivity index (χ1) is 8.81. The fourth-order valence-electron chi connectivity index (χ4n) is 2.20. The average molecular weight is 307 g/mol. The standard InChI is InChI=1S/C11H14FNO4S2/c12-18(14,15)11-8-4-3-7-10(11)13-19(16,17)9-5-1-2-6-9/h3-4,7-9,13H,1-2,5-6H2. The Morgan fingerprint density at radius 2 is 1.63 bits per heavy atom. The Hall–Kier alpha value is -1.15. The van der Waals surface area contributed by atoms with Gasteiger partial charge in [-0.2, -0.15) is 8.42 Å². The van der Waals surface area contributed by atoms with E-state index in [2.05, 4.69) is 4.72 Å². The second kappa shape index (κ2) is 5.09. The van der Waals surface area contributed by atoms with Crippen molar-refractivity contribution in [1.29, 1.82) is 0 Å². The van der Waals surface area contributed by atoms with Gasteiger partial charge in [0.05, 0.1) is 10.9 Å². The summed E-state index contributed by atoms with van der Waals surface area (Å²) in [6, 6.07) is 5.04. The summed E-state index contributed by atoms with van der Waals surface area (Å²) in [6.45, 7) is 0. The molecule has 8 heteroatoms. The Balaban J connectivity index is 2.34. The first-order valence-corrected chi connectivity index (χ1v) is 8.79. The molecule has 0 spiro atoms. The van der Waals surface area contributed by atoms with E-state index >= 15 is 0 Å². The number of benzene rings is 1.